The molecule has 0 fully saturated rings. The molecule has 1 heterocycles. The molecule has 3 rings (SSSR count). The van der Waals surface area contributed by atoms with E-state index < -0.39 is 0 Å². The van der Waals surface area contributed by atoms with Crippen molar-refractivity contribution < 1.29 is 4.79 Å². The van der Waals surface area contributed by atoms with Crippen LogP contribution in [0.2, 0.25) is 5.02 Å². The monoisotopic (exact) mass is 370 g/mol. The number of thiazole rings is 1. The van der Waals surface area contributed by atoms with Gasteiger partial charge in [0.1, 0.15) is 0 Å². The van der Waals surface area contributed by atoms with Crippen LogP contribution in [0.3, 0.4) is 0 Å². The van der Waals surface area contributed by atoms with Gasteiger partial charge in [-0.2, -0.15) is 5.10 Å². The second-order valence-corrected chi connectivity index (χ2v) is 6.51. The Morgan fingerprint density at radius 1 is 1.16 bits per heavy atom. The fourth-order valence-electron chi connectivity index (χ4n) is 2.10. The molecule has 7 heteroatoms. The first-order valence-corrected chi connectivity index (χ1v) is 8.74. The standard InChI is InChI=1S/C18H15ClN4OS/c1-12(24)21-16-8-4-14(5-9-16)17-11-25-18(22-17)23-20-10-13-2-6-15(19)7-3-13/h2-11H,1H3,(H,21,24)(H,22,23)/b20-10-. The lowest BCUT2D eigenvalue weighted by molar-refractivity contribution is -0.114. The van der Waals surface area contributed by atoms with Crippen LogP contribution in [0.5, 0.6) is 0 Å². The van der Waals surface area contributed by atoms with Crippen molar-refractivity contribution in [2.24, 2.45) is 5.10 Å². The highest BCUT2D eigenvalue weighted by Gasteiger charge is 2.04. The molecule has 25 heavy (non-hydrogen) atoms. The topological polar surface area (TPSA) is 66.4 Å². The Morgan fingerprint density at radius 2 is 1.88 bits per heavy atom. The Labute approximate surface area is 154 Å². The number of carbonyl (C=O) groups excluding carboxylic acids is 1. The van der Waals surface area contributed by atoms with Gasteiger partial charge < -0.3 is 5.32 Å². The number of nitrogens with one attached hydrogen (secondary N) is 2. The lowest BCUT2D eigenvalue weighted by Gasteiger charge is -2.02. The molecular weight excluding hydrogens is 356 g/mol. The minimum Gasteiger partial charge on any atom is -0.326 e. The molecule has 0 bridgehead atoms. The van der Waals surface area contributed by atoms with Gasteiger partial charge in [0.05, 0.1) is 11.9 Å². The van der Waals surface area contributed by atoms with E-state index in [1.165, 1.54) is 18.3 Å². The summed E-state index contributed by atoms with van der Waals surface area (Å²) < 4.78 is 0. The van der Waals surface area contributed by atoms with Gasteiger partial charge in [-0.25, -0.2) is 4.98 Å². The fraction of sp³-hybridized carbons (Fsp3) is 0.0556. The second-order valence-electron chi connectivity index (χ2n) is 5.22. The number of hydrogen-bond acceptors (Lipinski definition) is 5. The highest BCUT2D eigenvalue weighted by Crippen LogP contribution is 2.26. The maximum Gasteiger partial charge on any atom is 0.221 e. The molecule has 1 amide bonds. The highest BCUT2D eigenvalue weighted by atomic mass is 35.5. The first-order valence-electron chi connectivity index (χ1n) is 7.48. The zero-order chi connectivity index (χ0) is 17.6. The zero-order valence-corrected chi connectivity index (χ0v) is 14.9. The predicted molar refractivity (Wildman–Crippen MR) is 105 cm³/mol. The van der Waals surface area contributed by atoms with Gasteiger partial charge in [0.25, 0.3) is 0 Å². The Morgan fingerprint density at radius 3 is 2.56 bits per heavy atom. The number of halogens is 1. The lowest BCUT2D eigenvalue weighted by atomic mass is 10.1. The van der Waals surface area contributed by atoms with Crippen LogP contribution in [0.4, 0.5) is 10.8 Å². The van der Waals surface area contributed by atoms with Crippen LogP contribution >= 0.6 is 22.9 Å². The van der Waals surface area contributed by atoms with Crippen molar-refractivity contribution in [3.05, 3.63) is 64.5 Å². The molecule has 0 aliphatic rings. The van der Waals surface area contributed by atoms with Gasteiger partial charge in [-0.05, 0) is 29.8 Å². The van der Waals surface area contributed by atoms with E-state index in [9.17, 15) is 4.79 Å². The number of nitrogens with zero attached hydrogens (tertiary/aromatic N) is 2. The van der Waals surface area contributed by atoms with Crippen LogP contribution in [0.1, 0.15) is 12.5 Å². The number of rotatable bonds is 5. The largest absolute Gasteiger partial charge is 0.326 e. The molecule has 0 aliphatic carbocycles. The molecule has 0 saturated carbocycles. The third-order valence-electron chi connectivity index (χ3n) is 3.25. The van der Waals surface area contributed by atoms with Crippen molar-refractivity contribution in [3.8, 4) is 11.3 Å². The summed E-state index contributed by atoms with van der Waals surface area (Å²) >= 11 is 7.32. The molecule has 0 unspecified atom stereocenters. The van der Waals surface area contributed by atoms with Gasteiger partial charge in [0.2, 0.25) is 11.0 Å². The molecule has 3 aromatic rings. The summed E-state index contributed by atoms with van der Waals surface area (Å²) in [7, 11) is 0. The Hall–Kier alpha value is -2.70. The van der Waals surface area contributed by atoms with Gasteiger partial charge in [0, 0.05) is 28.6 Å². The number of amides is 1. The molecule has 0 atom stereocenters. The summed E-state index contributed by atoms with van der Waals surface area (Å²) in [5.41, 5.74) is 6.45. The molecule has 126 valence electrons. The summed E-state index contributed by atoms with van der Waals surface area (Å²) in [5, 5.41) is 10.3. The third kappa shape index (κ3) is 4.89. The number of benzene rings is 2. The number of aromatic nitrogens is 1. The van der Waals surface area contributed by atoms with Crippen LogP contribution in [0.15, 0.2) is 59.0 Å². The SMILES string of the molecule is CC(=O)Nc1ccc(-c2csc(N/N=C\c3ccc(Cl)cc3)n2)cc1. The zero-order valence-electron chi connectivity index (χ0n) is 13.4. The molecule has 0 saturated heterocycles. The van der Waals surface area contributed by atoms with Gasteiger partial charge >= 0.3 is 0 Å². The molecular formula is C18H15ClN4OS. The van der Waals surface area contributed by atoms with Gasteiger partial charge in [-0.1, -0.05) is 35.9 Å². The number of anilines is 2. The van der Waals surface area contributed by atoms with E-state index in [0.717, 1.165) is 22.5 Å². The molecule has 0 aliphatic heterocycles. The smallest absolute Gasteiger partial charge is 0.221 e. The minimum absolute atomic E-state index is 0.0913. The molecule has 2 aromatic carbocycles. The number of hydrogen-bond donors (Lipinski definition) is 2. The normalized spacial score (nSPS) is 10.8. The van der Waals surface area contributed by atoms with Crippen molar-refractivity contribution >= 4 is 45.9 Å². The second kappa shape index (κ2) is 7.92. The number of hydrazone groups is 1. The minimum atomic E-state index is -0.0913. The molecule has 0 radical (unpaired) electrons. The summed E-state index contributed by atoms with van der Waals surface area (Å²) in [6.45, 7) is 1.48. The maximum atomic E-state index is 11.0. The Balaban J connectivity index is 1.63. The fourth-order valence-corrected chi connectivity index (χ4v) is 2.89. The summed E-state index contributed by atoms with van der Waals surface area (Å²) in [6, 6.07) is 14.9. The molecule has 2 N–H and O–H groups in total. The van der Waals surface area contributed by atoms with Crippen molar-refractivity contribution in [2.75, 3.05) is 10.7 Å². The summed E-state index contributed by atoms with van der Waals surface area (Å²) in [5.74, 6) is -0.0913. The van der Waals surface area contributed by atoms with E-state index in [1.807, 2.05) is 53.9 Å². The van der Waals surface area contributed by atoms with Crippen molar-refractivity contribution in [1.82, 2.24) is 4.98 Å². The van der Waals surface area contributed by atoms with Crippen molar-refractivity contribution in [2.45, 2.75) is 6.92 Å². The van der Waals surface area contributed by atoms with Gasteiger partial charge in [-0.3, -0.25) is 10.2 Å². The predicted octanol–water partition coefficient (Wildman–Crippen LogP) is 4.87. The quantitative estimate of drug-likeness (QED) is 0.497. The highest BCUT2D eigenvalue weighted by molar-refractivity contribution is 7.14. The Kier molecular flexibility index (Phi) is 5.42. The molecule has 1 aromatic heterocycles. The molecule has 0 spiro atoms. The van der Waals surface area contributed by atoms with Crippen LogP contribution in [-0.2, 0) is 4.79 Å². The number of carbonyl (C=O) groups is 1. The van der Waals surface area contributed by atoms with Crippen LogP contribution in [0, 0.1) is 0 Å². The van der Waals surface area contributed by atoms with Gasteiger partial charge in [0.15, 0.2) is 0 Å². The van der Waals surface area contributed by atoms with E-state index in [0.29, 0.717) is 10.2 Å². The first-order chi connectivity index (χ1) is 12.1. The summed E-state index contributed by atoms with van der Waals surface area (Å²) in [4.78, 5) is 15.5. The van der Waals surface area contributed by atoms with Crippen LogP contribution in [-0.4, -0.2) is 17.1 Å². The van der Waals surface area contributed by atoms with Crippen molar-refractivity contribution in [3.63, 3.8) is 0 Å². The first kappa shape index (κ1) is 17.1. The van der Waals surface area contributed by atoms with E-state index in [1.54, 1.807) is 6.21 Å². The van der Waals surface area contributed by atoms with Crippen LogP contribution in [0.25, 0.3) is 11.3 Å². The van der Waals surface area contributed by atoms with Crippen molar-refractivity contribution in [1.29, 1.82) is 0 Å². The third-order valence-corrected chi connectivity index (χ3v) is 4.25. The lowest BCUT2D eigenvalue weighted by Crippen LogP contribution is -2.05. The maximum absolute atomic E-state index is 11.0. The molecule has 5 nitrogen and oxygen atoms in total. The average Bonchev–Trinajstić information content (AvgIpc) is 3.06. The van der Waals surface area contributed by atoms with E-state index in [2.05, 4.69) is 20.8 Å². The van der Waals surface area contributed by atoms with Crippen LogP contribution < -0.4 is 10.7 Å². The van der Waals surface area contributed by atoms with E-state index in [-0.39, 0.29) is 5.91 Å². The summed E-state index contributed by atoms with van der Waals surface area (Å²) in [6.07, 6.45) is 1.71. The Bertz CT molecular complexity index is 888. The van der Waals surface area contributed by atoms with E-state index in [4.69, 9.17) is 11.6 Å². The van der Waals surface area contributed by atoms with Gasteiger partial charge in [-0.15, -0.1) is 11.3 Å². The van der Waals surface area contributed by atoms with E-state index >= 15 is 0 Å². The average molecular weight is 371 g/mol.